The fourth-order valence-corrected chi connectivity index (χ4v) is 3.11. The number of carbonyl (C=O) groups excluding carboxylic acids is 2. The third-order valence-corrected chi connectivity index (χ3v) is 4.25. The van der Waals surface area contributed by atoms with E-state index in [2.05, 4.69) is 0 Å². The Morgan fingerprint density at radius 1 is 1.30 bits per heavy atom. The number of hydrogen-bond acceptors (Lipinski definition) is 4. The summed E-state index contributed by atoms with van der Waals surface area (Å²) in [5.41, 5.74) is 0.747. The Morgan fingerprint density at radius 3 is 2.78 bits per heavy atom. The molecule has 6 heteroatoms. The van der Waals surface area contributed by atoms with Crippen LogP contribution in [0.2, 0.25) is 0 Å². The first-order chi connectivity index (χ1) is 11.2. The first kappa shape index (κ1) is 15.8. The van der Waals surface area contributed by atoms with Crippen molar-refractivity contribution in [2.75, 3.05) is 44.4 Å². The molecule has 2 heterocycles. The number of carbonyl (C=O) groups is 2. The molecule has 23 heavy (non-hydrogen) atoms. The van der Waals surface area contributed by atoms with Gasteiger partial charge in [0.05, 0.1) is 31.4 Å². The molecule has 124 valence electrons. The minimum atomic E-state index is -0.282. The Balaban J connectivity index is 1.73. The van der Waals surface area contributed by atoms with E-state index in [1.807, 2.05) is 31.2 Å². The van der Waals surface area contributed by atoms with E-state index >= 15 is 0 Å². The molecule has 0 spiro atoms. The summed E-state index contributed by atoms with van der Waals surface area (Å²) in [5.74, 6) is 0.430. The molecule has 0 aliphatic carbocycles. The second-order valence-electron chi connectivity index (χ2n) is 5.74. The summed E-state index contributed by atoms with van der Waals surface area (Å²) in [6.07, 6.45) is 0.261. The molecule has 0 bridgehead atoms. The summed E-state index contributed by atoms with van der Waals surface area (Å²) in [4.78, 5) is 28.5. The fourth-order valence-electron chi connectivity index (χ4n) is 3.11. The van der Waals surface area contributed by atoms with Crippen molar-refractivity contribution in [2.45, 2.75) is 13.3 Å². The zero-order valence-corrected chi connectivity index (χ0v) is 13.4. The van der Waals surface area contributed by atoms with Gasteiger partial charge in [-0.2, -0.15) is 0 Å². The molecule has 1 aromatic rings. The minimum Gasteiger partial charge on any atom is -0.492 e. The Hall–Kier alpha value is -2.08. The van der Waals surface area contributed by atoms with Crippen LogP contribution in [0.25, 0.3) is 0 Å². The van der Waals surface area contributed by atoms with Gasteiger partial charge in [0.25, 0.3) is 0 Å². The molecule has 2 aliphatic rings. The van der Waals surface area contributed by atoms with Crippen molar-refractivity contribution in [1.82, 2.24) is 4.90 Å². The second kappa shape index (κ2) is 7.00. The molecule has 0 N–H and O–H groups in total. The number of nitrogens with zero attached hydrogens (tertiary/aromatic N) is 2. The van der Waals surface area contributed by atoms with E-state index in [1.54, 1.807) is 9.80 Å². The molecule has 6 nitrogen and oxygen atoms in total. The summed E-state index contributed by atoms with van der Waals surface area (Å²) in [7, 11) is 0. The van der Waals surface area contributed by atoms with Crippen LogP contribution in [0, 0.1) is 5.92 Å². The smallest absolute Gasteiger partial charge is 0.228 e. The predicted molar refractivity (Wildman–Crippen MR) is 85.5 cm³/mol. The van der Waals surface area contributed by atoms with Crippen molar-refractivity contribution >= 4 is 17.5 Å². The van der Waals surface area contributed by atoms with E-state index in [9.17, 15) is 9.59 Å². The molecule has 0 unspecified atom stereocenters. The van der Waals surface area contributed by atoms with Gasteiger partial charge in [-0.25, -0.2) is 0 Å². The summed E-state index contributed by atoms with van der Waals surface area (Å²) >= 11 is 0. The normalized spacial score (nSPS) is 21.6. The SMILES string of the molecule is CCOc1ccccc1N1C[C@H](C(=O)N2CCOCC2)CC1=O. The summed E-state index contributed by atoms with van der Waals surface area (Å²) in [6.45, 7) is 5.23. The first-order valence-electron chi connectivity index (χ1n) is 8.09. The van der Waals surface area contributed by atoms with Crippen molar-refractivity contribution in [3.63, 3.8) is 0 Å². The molecule has 0 radical (unpaired) electrons. The molecule has 2 saturated heterocycles. The molecule has 2 aliphatic heterocycles. The molecule has 1 atom stereocenters. The fraction of sp³-hybridized carbons (Fsp3) is 0.529. The van der Waals surface area contributed by atoms with Crippen LogP contribution in [-0.4, -0.2) is 56.2 Å². The first-order valence-corrected chi connectivity index (χ1v) is 8.09. The van der Waals surface area contributed by atoms with Crippen LogP contribution >= 0.6 is 0 Å². The lowest BCUT2D eigenvalue weighted by Crippen LogP contribution is -2.44. The lowest BCUT2D eigenvalue weighted by atomic mass is 10.1. The van der Waals surface area contributed by atoms with E-state index in [-0.39, 0.29) is 24.2 Å². The molecule has 0 saturated carbocycles. The van der Waals surface area contributed by atoms with Gasteiger partial charge in [0.2, 0.25) is 11.8 Å². The van der Waals surface area contributed by atoms with E-state index in [0.717, 1.165) is 5.69 Å². The van der Waals surface area contributed by atoms with Crippen molar-refractivity contribution < 1.29 is 19.1 Å². The summed E-state index contributed by atoms with van der Waals surface area (Å²) in [5, 5.41) is 0. The molecule has 2 fully saturated rings. The topological polar surface area (TPSA) is 59.1 Å². The van der Waals surface area contributed by atoms with Crippen molar-refractivity contribution in [2.24, 2.45) is 5.92 Å². The minimum absolute atomic E-state index is 0.0243. The van der Waals surface area contributed by atoms with Crippen molar-refractivity contribution in [3.8, 4) is 5.75 Å². The highest BCUT2D eigenvalue weighted by Gasteiger charge is 2.38. The number of anilines is 1. The number of amides is 2. The zero-order chi connectivity index (χ0) is 16.2. The second-order valence-corrected chi connectivity index (χ2v) is 5.74. The standard InChI is InChI=1S/C17H22N2O4/c1-2-23-15-6-4-3-5-14(15)19-12-13(11-16(19)20)17(21)18-7-9-22-10-8-18/h3-6,13H,2,7-12H2,1H3/t13-/m1/s1. The molecular weight excluding hydrogens is 296 g/mol. The molecule has 0 aromatic heterocycles. The van der Waals surface area contributed by atoms with Crippen molar-refractivity contribution in [1.29, 1.82) is 0 Å². The number of para-hydroxylation sites is 2. The lowest BCUT2D eigenvalue weighted by Gasteiger charge is -2.29. The third kappa shape index (κ3) is 3.32. The average Bonchev–Trinajstić information content (AvgIpc) is 2.97. The van der Waals surface area contributed by atoms with Crippen LogP contribution in [0.3, 0.4) is 0 Å². The monoisotopic (exact) mass is 318 g/mol. The quantitative estimate of drug-likeness (QED) is 0.839. The van der Waals surface area contributed by atoms with Gasteiger partial charge in [-0.1, -0.05) is 12.1 Å². The van der Waals surface area contributed by atoms with E-state index in [4.69, 9.17) is 9.47 Å². The number of ether oxygens (including phenoxy) is 2. The van der Waals surface area contributed by atoms with Crippen LogP contribution in [0.4, 0.5) is 5.69 Å². The van der Waals surface area contributed by atoms with Crippen molar-refractivity contribution in [3.05, 3.63) is 24.3 Å². The zero-order valence-electron chi connectivity index (χ0n) is 13.4. The highest BCUT2D eigenvalue weighted by Crippen LogP contribution is 2.33. The van der Waals surface area contributed by atoms with Gasteiger partial charge in [0, 0.05) is 26.1 Å². The molecule has 1 aromatic carbocycles. The van der Waals surface area contributed by atoms with Crippen LogP contribution < -0.4 is 9.64 Å². The Morgan fingerprint density at radius 2 is 2.04 bits per heavy atom. The molecule has 3 rings (SSSR count). The van der Waals surface area contributed by atoms with E-state index in [1.165, 1.54) is 0 Å². The highest BCUT2D eigenvalue weighted by atomic mass is 16.5. The van der Waals surface area contributed by atoms with Gasteiger partial charge in [-0.05, 0) is 19.1 Å². The van der Waals surface area contributed by atoms with Crippen LogP contribution in [0.15, 0.2) is 24.3 Å². The van der Waals surface area contributed by atoms with Gasteiger partial charge in [-0.3, -0.25) is 9.59 Å². The highest BCUT2D eigenvalue weighted by molar-refractivity contribution is 6.01. The maximum absolute atomic E-state index is 12.6. The number of rotatable bonds is 4. The summed E-state index contributed by atoms with van der Waals surface area (Å²) < 4.78 is 10.9. The Bertz CT molecular complexity index is 584. The summed E-state index contributed by atoms with van der Waals surface area (Å²) in [6, 6.07) is 7.47. The predicted octanol–water partition coefficient (Wildman–Crippen LogP) is 1.30. The number of hydrogen-bond donors (Lipinski definition) is 0. The van der Waals surface area contributed by atoms with E-state index < -0.39 is 0 Å². The van der Waals surface area contributed by atoms with Gasteiger partial charge >= 0.3 is 0 Å². The maximum Gasteiger partial charge on any atom is 0.228 e. The van der Waals surface area contributed by atoms with Gasteiger partial charge < -0.3 is 19.3 Å². The van der Waals surface area contributed by atoms with Crippen LogP contribution in [-0.2, 0) is 14.3 Å². The number of morpholine rings is 1. The largest absolute Gasteiger partial charge is 0.492 e. The molecule has 2 amide bonds. The van der Waals surface area contributed by atoms with Crippen LogP contribution in [0.5, 0.6) is 5.75 Å². The maximum atomic E-state index is 12.6. The third-order valence-electron chi connectivity index (χ3n) is 4.25. The number of benzene rings is 1. The Labute approximate surface area is 136 Å². The lowest BCUT2D eigenvalue weighted by molar-refractivity contribution is -0.139. The van der Waals surface area contributed by atoms with Gasteiger partial charge in [0.15, 0.2) is 0 Å². The van der Waals surface area contributed by atoms with Gasteiger partial charge in [-0.15, -0.1) is 0 Å². The average molecular weight is 318 g/mol. The van der Waals surface area contributed by atoms with E-state index in [0.29, 0.717) is 45.2 Å². The Kier molecular flexibility index (Phi) is 4.81. The van der Waals surface area contributed by atoms with Gasteiger partial charge in [0.1, 0.15) is 5.75 Å². The molecular formula is C17H22N2O4. The van der Waals surface area contributed by atoms with Crippen LogP contribution in [0.1, 0.15) is 13.3 Å².